The number of benzene rings is 1. The predicted octanol–water partition coefficient (Wildman–Crippen LogP) is 1.95. The maximum atomic E-state index is 13.9. The van der Waals surface area contributed by atoms with Crippen LogP contribution in [0.3, 0.4) is 0 Å². The van der Waals surface area contributed by atoms with Crippen molar-refractivity contribution in [1.29, 1.82) is 0 Å². The molecule has 2 atom stereocenters. The molecule has 1 aromatic carbocycles. The largest absolute Gasteiger partial charge is 0.396 e. The van der Waals surface area contributed by atoms with E-state index in [0.717, 1.165) is 0 Å². The second kappa shape index (κ2) is 6.86. The lowest BCUT2D eigenvalue weighted by molar-refractivity contribution is -0.129. The zero-order valence-electron chi connectivity index (χ0n) is 13.1. The van der Waals surface area contributed by atoms with Gasteiger partial charge in [0.25, 0.3) is 0 Å². The molecule has 0 aliphatic carbocycles. The van der Waals surface area contributed by atoms with Crippen molar-refractivity contribution in [2.45, 2.75) is 19.3 Å². The van der Waals surface area contributed by atoms with Crippen LogP contribution >= 0.6 is 11.6 Å². The molecule has 24 heavy (non-hydrogen) atoms. The summed E-state index contributed by atoms with van der Waals surface area (Å²) in [4.78, 5) is 18.3. The molecule has 1 aliphatic rings. The summed E-state index contributed by atoms with van der Waals surface area (Å²) in [7, 11) is 0. The molecule has 0 spiro atoms. The quantitative estimate of drug-likeness (QED) is 0.908. The Bertz CT molecular complexity index is 732. The molecule has 2 unspecified atom stereocenters. The van der Waals surface area contributed by atoms with Crippen LogP contribution in [0.2, 0.25) is 5.02 Å². The Kier molecular flexibility index (Phi) is 4.82. The summed E-state index contributed by atoms with van der Waals surface area (Å²) in [6.45, 7) is 2.31. The third-order valence-electron chi connectivity index (χ3n) is 4.28. The Morgan fingerprint density at radius 1 is 1.50 bits per heavy atom. The van der Waals surface area contributed by atoms with Gasteiger partial charge in [0.2, 0.25) is 11.8 Å². The van der Waals surface area contributed by atoms with Crippen molar-refractivity contribution < 1.29 is 18.8 Å². The molecule has 128 valence electrons. The number of hydrogen-bond acceptors (Lipinski definition) is 5. The molecule has 3 rings (SSSR count). The van der Waals surface area contributed by atoms with Gasteiger partial charge in [-0.05, 0) is 19.1 Å². The normalized spacial score (nSPS) is 20.6. The monoisotopic (exact) mass is 353 g/mol. The van der Waals surface area contributed by atoms with Gasteiger partial charge >= 0.3 is 0 Å². The Balaban J connectivity index is 1.74. The number of aromatic nitrogens is 2. The van der Waals surface area contributed by atoms with Gasteiger partial charge in [-0.25, -0.2) is 4.39 Å². The van der Waals surface area contributed by atoms with E-state index in [0.29, 0.717) is 24.8 Å². The van der Waals surface area contributed by atoms with Crippen molar-refractivity contribution in [3.8, 4) is 0 Å². The van der Waals surface area contributed by atoms with E-state index in [-0.39, 0.29) is 41.4 Å². The maximum Gasteiger partial charge on any atom is 0.231 e. The van der Waals surface area contributed by atoms with Gasteiger partial charge in [0.05, 0.1) is 12.3 Å². The molecular weight excluding hydrogens is 337 g/mol. The van der Waals surface area contributed by atoms with Gasteiger partial charge in [0, 0.05) is 36.2 Å². The van der Waals surface area contributed by atoms with Crippen LogP contribution in [0.25, 0.3) is 0 Å². The van der Waals surface area contributed by atoms with Crippen molar-refractivity contribution in [3.05, 3.63) is 46.3 Å². The van der Waals surface area contributed by atoms with Crippen LogP contribution in [-0.2, 0) is 11.2 Å². The highest BCUT2D eigenvalue weighted by molar-refractivity contribution is 6.31. The van der Waals surface area contributed by atoms with E-state index in [4.69, 9.17) is 16.1 Å². The topological polar surface area (TPSA) is 79.5 Å². The fourth-order valence-corrected chi connectivity index (χ4v) is 3.20. The molecule has 6 nitrogen and oxygen atoms in total. The number of nitrogens with zero attached hydrogens (tertiary/aromatic N) is 3. The number of carbonyl (C=O) groups excluding carboxylic acids is 1. The van der Waals surface area contributed by atoms with Crippen molar-refractivity contribution in [3.63, 3.8) is 0 Å². The first-order chi connectivity index (χ1) is 11.5. The first-order valence-corrected chi connectivity index (χ1v) is 7.99. The van der Waals surface area contributed by atoms with E-state index in [2.05, 4.69) is 10.1 Å². The molecule has 1 fully saturated rings. The molecule has 0 bridgehead atoms. The minimum atomic E-state index is -0.502. The minimum absolute atomic E-state index is 0.101. The Morgan fingerprint density at radius 3 is 2.92 bits per heavy atom. The molecule has 1 aromatic heterocycles. The smallest absolute Gasteiger partial charge is 0.231 e. The number of aryl methyl sites for hydroxylation is 1. The average molecular weight is 354 g/mol. The summed E-state index contributed by atoms with van der Waals surface area (Å²) >= 11 is 5.98. The maximum absolute atomic E-state index is 13.9. The van der Waals surface area contributed by atoms with Gasteiger partial charge in [0.1, 0.15) is 5.82 Å². The zero-order valence-corrected chi connectivity index (χ0v) is 13.8. The summed E-state index contributed by atoms with van der Waals surface area (Å²) in [5.41, 5.74) is 0.182. The van der Waals surface area contributed by atoms with Gasteiger partial charge in [-0.3, -0.25) is 4.79 Å². The van der Waals surface area contributed by atoms with E-state index >= 15 is 0 Å². The molecule has 2 heterocycles. The Morgan fingerprint density at radius 2 is 2.29 bits per heavy atom. The highest BCUT2D eigenvalue weighted by Gasteiger charge is 2.39. The molecule has 1 saturated heterocycles. The summed E-state index contributed by atoms with van der Waals surface area (Å²) in [5.74, 6) is -0.256. The zero-order chi connectivity index (χ0) is 17.3. The molecule has 0 saturated carbocycles. The second-order valence-electron chi connectivity index (χ2n) is 5.90. The van der Waals surface area contributed by atoms with Crippen LogP contribution in [0.1, 0.15) is 23.2 Å². The number of carbonyl (C=O) groups is 1. The lowest BCUT2D eigenvalue weighted by Crippen LogP contribution is -2.31. The summed E-state index contributed by atoms with van der Waals surface area (Å²) in [6.07, 6.45) is -0.126. The molecule has 0 radical (unpaired) electrons. The average Bonchev–Trinajstić information content (AvgIpc) is 3.16. The lowest BCUT2D eigenvalue weighted by atomic mass is 9.97. The van der Waals surface area contributed by atoms with E-state index in [1.807, 2.05) is 0 Å². The van der Waals surface area contributed by atoms with Gasteiger partial charge in [-0.15, -0.1) is 0 Å². The predicted molar refractivity (Wildman–Crippen MR) is 84.0 cm³/mol. The first kappa shape index (κ1) is 16.9. The number of rotatable bonds is 4. The highest BCUT2D eigenvalue weighted by atomic mass is 35.5. The van der Waals surface area contributed by atoms with Crippen LogP contribution in [0, 0.1) is 18.7 Å². The Labute approximate surface area is 143 Å². The number of aliphatic hydroxyl groups is 1. The van der Waals surface area contributed by atoms with Crippen LogP contribution in [0.5, 0.6) is 0 Å². The Hall–Kier alpha value is -1.99. The van der Waals surface area contributed by atoms with Crippen LogP contribution < -0.4 is 0 Å². The van der Waals surface area contributed by atoms with Gasteiger partial charge in [-0.2, -0.15) is 4.98 Å². The fourth-order valence-electron chi connectivity index (χ4n) is 2.97. The standard InChI is InChI=1S/C16H17ClFN3O3/c1-9-19-16(24-20-9)12-7-21(6-10(12)8-22)15(23)5-11-13(17)3-2-4-14(11)18/h2-4,10,12,22H,5-8H2,1H3. The third-order valence-corrected chi connectivity index (χ3v) is 4.63. The highest BCUT2D eigenvalue weighted by Crippen LogP contribution is 2.32. The summed E-state index contributed by atoms with van der Waals surface area (Å²) in [5, 5.41) is 13.6. The van der Waals surface area contributed by atoms with Crippen LogP contribution in [0.4, 0.5) is 4.39 Å². The van der Waals surface area contributed by atoms with Crippen molar-refractivity contribution >= 4 is 17.5 Å². The molecular formula is C16H17ClFN3O3. The van der Waals surface area contributed by atoms with Crippen molar-refractivity contribution in [1.82, 2.24) is 15.0 Å². The second-order valence-corrected chi connectivity index (χ2v) is 6.31. The van der Waals surface area contributed by atoms with E-state index in [1.54, 1.807) is 17.9 Å². The number of hydrogen-bond donors (Lipinski definition) is 1. The summed E-state index contributed by atoms with van der Waals surface area (Å²) in [6, 6.07) is 4.33. The third kappa shape index (κ3) is 3.27. The first-order valence-electron chi connectivity index (χ1n) is 7.61. The van der Waals surface area contributed by atoms with Gasteiger partial charge < -0.3 is 14.5 Å². The van der Waals surface area contributed by atoms with E-state index in [1.165, 1.54) is 12.1 Å². The molecule has 2 aromatic rings. The lowest BCUT2D eigenvalue weighted by Gasteiger charge is -2.16. The molecule has 1 N–H and O–H groups in total. The fraction of sp³-hybridized carbons (Fsp3) is 0.438. The van der Waals surface area contributed by atoms with Crippen molar-refractivity contribution in [2.75, 3.05) is 19.7 Å². The number of likely N-dealkylation sites (tertiary alicyclic amines) is 1. The van der Waals surface area contributed by atoms with Crippen LogP contribution in [-0.4, -0.2) is 45.8 Å². The number of amides is 1. The van der Waals surface area contributed by atoms with Gasteiger partial charge in [0.15, 0.2) is 5.82 Å². The van der Waals surface area contributed by atoms with Crippen LogP contribution in [0.15, 0.2) is 22.7 Å². The van der Waals surface area contributed by atoms with E-state index < -0.39 is 5.82 Å². The number of halogens is 2. The van der Waals surface area contributed by atoms with Gasteiger partial charge in [-0.1, -0.05) is 22.8 Å². The SMILES string of the molecule is Cc1noc(C2CN(C(=O)Cc3c(F)cccc3Cl)CC2CO)n1. The minimum Gasteiger partial charge on any atom is -0.396 e. The van der Waals surface area contributed by atoms with Crippen molar-refractivity contribution in [2.24, 2.45) is 5.92 Å². The molecule has 1 aliphatic heterocycles. The van der Waals surface area contributed by atoms with E-state index in [9.17, 15) is 14.3 Å². The molecule has 1 amide bonds. The number of aliphatic hydroxyl groups excluding tert-OH is 1. The summed E-state index contributed by atoms with van der Waals surface area (Å²) < 4.78 is 19.0. The molecule has 8 heteroatoms.